The molecule has 0 radical (unpaired) electrons. The monoisotopic (exact) mass is 272 g/mol. The molecule has 0 unspecified atom stereocenters. The van der Waals surface area contributed by atoms with Gasteiger partial charge in [0.05, 0.1) is 5.69 Å². The van der Waals surface area contributed by atoms with Crippen LogP contribution in [0.5, 0.6) is 0 Å². The highest BCUT2D eigenvalue weighted by Gasteiger charge is 2.10. The standard InChI is InChI=1S/C13H9ClN4O/c14-9-4-1-3-8(7-9)13(19)15-10-5-2-6-11-12(10)17-18-16-11/h1-7H,(H,15,19)(H,16,17,18). The van der Waals surface area contributed by atoms with Crippen LogP contribution in [-0.2, 0) is 0 Å². The fraction of sp³-hybridized carbons (Fsp3) is 0. The molecule has 0 bridgehead atoms. The molecule has 1 heterocycles. The summed E-state index contributed by atoms with van der Waals surface area (Å²) in [5, 5.41) is 13.8. The van der Waals surface area contributed by atoms with Gasteiger partial charge in [0.1, 0.15) is 11.0 Å². The molecule has 0 saturated carbocycles. The van der Waals surface area contributed by atoms with Crippen LogP contribution in [0, 0.1) is 0 Å². The lowest BCUT2D eigenvalue weighted by molar-refractivity contribution is 0.102. The average Bonchev–Trinajstić information content (AvgIpc) is 2.88. The van der Waals surface area contributed by atoms with Crippen molar-refractivity contribution >= 4 is 34.2 Å². The molecule has 1 amide bonds. The summed E-state index contributed by atoms with van der Waals surface area (Å²) in [6.45, 7) is 0. The second-order valence-electron chi connectivity index (χ2n) is 3.96. The molecule has 1 aromatic heterocycles. The molecule has 0 atom stereocenters. The number of aromatic nitrogens is 3. The van der Waals surface area contributed by atoms with Crippen LogP contribution in [0.25, 0.3) is 11.0 Å². The largest absolute Gasteiger partial charge is 0.320 e. The van der Waals surface area contributed by atoms with Gasteiger partial charge >= 0.3 is 0 Å². The van der Waals surface area contributed by atoms with Gasteiger partial charge in [0.2, 0.25) is 0 Å². The molecule has 2 N–H and O–H groups in total. The maximum atomic E-state index is 12.1. The topological polar surface area (TPSA) is 70.7 Å². The molecule has 6 heteroatoms. The number of benzene rings is 2. The summed E-state index contributed by atoms with van der Waals surface area (Å²) >= 11 is 5.86. The molecule has 3 aromatic rings. The number of amides is 1. The van der Waals surface area contributed by atoms with E-state index in [1.807, 2.05) is 6.07 Å². The van der Waals surface area contributed by atoms with Gasteiger partial charge in [0, 0.05) is 10.6 Å². The molecule has 3 rings (SSSR count). The van der Waals surface area contributed by atoms with Crippen molar-refractivity contribution < 1.29 is 4.79 Å². The van der Waals surface area contributed by atoms with E-state index in [0.717, 1.165) is 0 Å². The summed E-state index contributed by atoms with van der Waals surface area (Å²) < 4.78 is 0. The number of nitrogens with zero attached hydrogens (tertiary/aromatic N) is 2. The predicted molar refractivity (Wildman–Crippen MR) is 73.3 cm³/mol. The molecule has 0 aliphatic carbocycles. The molecular formula is C13H9ClN4O. The molecule has 94 valence electrons. The second-order valence-corrected chi connectivity index (χ2v) is 4.40. The van der Waals surface area contributed by atoms with Crippen LogP contribution in [-0.4, -0.2) is 21.3 Å². The first-order valence-corrected chi connectivity index (χ1v) is 5.98. The Balaban J connectivity index is 1.93. The molecule has 0 aliphatic rings. The third kappa shape index (κ3) is 2.28. The van der Waals surface area contributed by atoms with E-state index in [0.29, 0.717) is 27.3 Å². The molecule has 5 nitrogen and oxygen atoms in total. The van der Waals surface area contributed by atoms with Crippen molar-refractivity contribution in [3.05, 3.63) is 53.1 Å². The van der Waals surface area contributed by atoms with E-state index >= 15 is 0 Å². The van der Waals surface area contributed by atoms with Crippen LogP contribution in [0.4, 0.5) is 5.69 Å². The van der Waals surface area contributed by atoms with E-state index in [1.54, 1.807) is 36.4 Å². The Kier molecular flexibility index (Phi) is 2.89. The van der Waals surface area contributed by atoms with Crippen LogP contribution >= 0.6 is 11.6 Å². The average molecular weight is 273 g/mol. The number of hydrogen-bond acceptors (Lipinski definition) is 3. The van der Waals surface area contributed by atoms with Crippen LogP contribution in [0.1, 0.15) is 10.4 Å². The minimum atomic E-state index is -0.238. The SMILES string of the molecule is O=C(Nc1cccc2n[nH]nc12)c1cccc(Cl)c1. The molecule has 2 aromatic carbocycles. The number of anilines is 1. The maximum absolute atomic E-state index is 12.1. The zero-order chi connectivity index (χ0) is 13.2. The van der Waals surface area contributed by atoms with Crippen LogP contribution < -0.4 is 5.32 Å². The zero-order valence-electron chi connectivity index (χ0n) is 9.72. The van der Waals surface area contributed by atoms with E-state index < -0.39 is 0 Å². The third-order valence-corrected chi connectivity index (χ3v) is 2.92. The zero-order valence-corrected chi connectivity index (χ0v) is 10.5. The van der Waals surface area contributed by atoms with Gasteiger partial charge < -0.3 is 5.32 Å². The third-order valence-electron chi connectivity index (χ3n) is 2.68. The fourth-order valence-electron chi connectivity index (χ4n) is 1.79. The summed E-state index contributed by atoms with van der Waals surface area (Å²) in [6, 6.07) is 12.1. The molecule has 0 aliphatic heterocycles. The highest BCUT2D eigenvalue weighted by atomic mass is 35.5. The Morgan fingerprint density at radius 1 is 1.16 bits per heavy atom. The number of hydrogen-bond donors (Lipinski definition) is 2. The van der Waals surface area contributed by atoms with E-state index in [1.165, 1.54) is 0 Å². The lowest BCUT2D eigenvalue weighted by Gasteiger charge is -2.05. The number of nitrogens with one attached hydrogen (secondary N) is 2. The van der Waals surface area contributed by atoms with Crippen molar-refractivity contribution in [2.24, 2.45) is 0 Å². The van der Waals surface area contributed by atoms with Gasteiger partial charge in [-0.05, 0) is 30.3 Å². The number of carbonyl (C=O) groups is 1. The lowest BCUT2D eigenvalue weighted by Crippen LogP contribution is -2.12. The number of rotatable bonds is 2. The molecular weight excluding hydrogens is 264 g/mol. The van der Waals surface area contributed by atoms with Crippen LogP contribution in [0.2, 0.25) is 5.02 Å². The highest BCUT2D eigenvalue weighted by molar-refractivity contribution is 6.31. The number of carbonyl (C=O) groups excluding carboxylic acids is 1. The molecule has 0 spiro atoms. The minimum absolute atomic E-state index is 0.238. The van der Waals surface area contributed by atoms with Gasteiger partial charge in [-0.2, -0.15) is 15.4 Å². The normalized spacial score (nSPS) is 10.6. The van der Waals surface area contributed by atoms with Crippen LogP contribution in [0.15, 0.2) is 42.5 Å². The Labute approximate surface area is 113 Å². The summed E-state index contributed by atoms with van der Waals surface area (Å²) in [7, 11) is 0. The quantitative estimate of drug-likeness (QED) is 0.753. The van der Waals surface area contributed by atoms with E-state index in [-0.39, 0.29) is 5.91 Å². The van der Waals surface area contributed by atoms with Crippen molar-refractivity contribution in [3.8, 4) is 0 Å². The summed E-state index contributed by atoms with van der Waals surface area (Å²) in [6.07, 6.45) is 0. The number of H-pyrrole nitrogens is 1. The smallest absolute Gasteiger partial charge is 0.255 e. The van der Waals surface area contributed by atoms with Crippen molar-refractivity contribution in [3.63, 3.8) is 0 Å². The first kappa shape index (κ1) is 11.7. The van der Waals surface area contributed by atoms with E-state index in [9.17, 15) is 4.79 Å². The summed E-state index contributed by atoms with van der Waals surface area (Å²) in [5.74, 6) is -0.238. The van der Waals surface area contributed by atoms with Crippen molar-refractivity contribution in [1.82, 2.24) is 15.4 Å². The Morgan fingerprint density at radius 2 is 2.00 bits per heavy atom. The number of para-hydroxylation sites is 1. The summed E-state index contributed by atoms with van der Waals surface area (Å²) in [4.78, 5) is 12.1. The number of aromatic amines is 1. The van der Waals surface area contributed by atoms with Gasteiger partial charge in [-0.1, -0.05) is 23.7 Å². The molecule has 19 heavy (non-hydrogen) atoms. The highest BCUT2D eigenvalue weighted by Crippen LogP contribution is 2.20. The molecule has 0 saturated heterocycles. The van der Waals surface area contributed by atoms with Gasteiger partial charge in [-0.25, -0.2) is 0 Å². The summed E-state index contributed by atoms with van der Waals surface area (Å²) in [5.41, 5.74) is 2.42. The number of fused-ring (bicyclic) bond motifs is 1. The van der Waals surface area contributed by atoms with Crippen molar-refractivity contribution in [1.29, 1.82) is 0 Å². The van der Waals surface area contributed by atoms with Gasteiger partial charge in [-0.3, -0.25) is 4.79 Å². The first-order chi connectivity index (χ1) is 9.24. The van der Waals surface area contributed by atoms with E-state index in [4.69, 9.17) is 11.6 Å². The Morgan fingerprint density at radius 3 is 2.84 bits per heavy atom. The fourth-order valence-corrected chi connectivity index (χ4v) is 1.98. The van der Waals surface area contributed by atoms with Gasteiger partial charge in [0.25, 0.3) is 5.91 Å². The Hall–Kier alpha value is -2.40. The maximum Gasteiger partial charge on any atom is 0.255 e. The van der Waals surface area contributed by atoms with Crippen molar-refractivity contribution in [2.45, 2.75) is 0 Å². The van der Waals surface area contributed by atoms with E-state index in [2.05, 4.69) is 20.7 Å². The molecule has 0 fully saturated rings. The van der Waals surface area contributed by atoms with Crippen molar-refractivity contribution in [2.75, 3.05) is 5.32 Å². The second kappa shape index (κ2) is 4.70. The number of halogens is 1. The Bertz CT molecular complexity index is 753. The lowest BCUT2D eigenvalue weighted by atomic mass is 10.2. The minimum Gasteiger partial charge on any atom is -0.320 e. The first-order valence-electron chi connectivity index (χ1n) is 5.60. The van der Waals surface area contributed by atoms with Gasteiger partial charge in [0.15, 0.2) is 0 Å². The van der Waals surface area contributed by atoms with Gasteiger partial charge in [-0.15, -0.1) is 0 Å². The van der Waals surface area contributed by atoms with Crippen LogP contribution in [0.3, 0.4) is 0 Å². The predicted octanol–water partition coefficient (Wildman–Crippen LogP) is 2.86.